The van der Waals surface area contributed by atoms with Crippen molar-refractivity contribution in [3.8, 4) is 0 Å². The Bertz CT molecular complexity index is 775. The molecule has 2 aromatic carbocycles. The molecule has 122 valence electrons. The minimum absolute atomic E-state index is 0.0158. The third-order valence-electron chi connectivity index (χ3n) is 3.07. The lowest BCUT2D eigenvalue weighted by molar-refractivity contribution is 0.240. The Balaban J connectivity index is 1.81. The molecule has 0 atom stereocenters. The zero-order valence-corrected chi connectivity index (χ0v) is 12.9. The zero-order valence-electron chi connectivity index (χ0n) is 12.1. The molecule has 0 aromatic heterocycles. The third-order valence-corrected chi connectivity index (χ3v) is 4.00. The second kappa shape index (κ2) is 7.21. The second-order valence-electron chi connectivity index (χ2n) is 4.85. The molecule has 0 heterocycles. The van der Waals surface area contributed by atoms with Crippen LogP contribution in [0.15, 0.2) is 53.4 Å². The summed E-state index contributed by atoms with van der Waals surface area (Å²) in [6.07, 6.45) is 0. The van der Waals surface area contributed by atoms with Crippen LogP contribution < -0.4 is 15.8 Å². The summed E-state index contributed by atoms with van der Waals surface area (Å²) in [5.74, 6) is -0.332. The molecule has 0 aliphatic carbocycles. The number of nitrogens with one attached hydrogen (secondary N) is 2. The maximum absolute atomic E-state index is 12.8. The van der Waals surface area contributed by atoms with Crippen LogP contribution in [0.3, 0.4) is 0 Å². The molecule has 0 aliphatic rings. The van der Waals surface area contributed by atoms with Crippen LogP contribution in [0.5, 0.6) is 0 Å². The summed E-state index contributed by atoms with van der Waals surface area (Å²) in [4.78, 5) is 11.7. The normalized spacial score (nSPS) is 11.0. The number of carbonyl (C=O) groups is 1. The number of carbonyl (C=O) groups excluding carboxylic acids is 1. The SMILES string of the molecule is NS(=O)(=O)c1ccc(CNC(=O)NCc2ccc(F)cc2)cc1. The van der Waals surface area contributed by atoms with Gasteiger partial charge in [0.05, 0.1) is 4.90 Å². The molecule has 0 unspecified atom stereocenters. The first kappa shape index (κ1) is 16.9. The average molecular weight is 337 g/mol. The number of primary sulfonamides is 1. The summed E-state index contributed by atoms with van der Waals surface area (Å²) in [6, 6.07) is 11.3. The number of hydrogen-bond acceptors (Lipinski definition) is 3. The van der Waals surface area contributed by atoms with Gasteiger partial charge in [0, 0.05) is 13.1 Å². The van der Waals surface area contributed by atoms with E-state index < -0.39 is 10.0 Å². The first-order chi connectivity index (χ1) is 10.8. The van der Waals surface area contributed by atoms with Crippen LogP contribution in [0.2, 0.25) is 0 Å². The van der Waals surface area contributed by atoms with E-state index in [1.807, 2.05) is 0 Å². The van der Waals surface area contributed by atoms with Crippen LogP contribution >= 0.6 is 0 Å². The highest BCUT2D eigenvalue weighted by atomic mass is 32.2. The molecule has 8 heteroatoms. The fourth-order valence-corrected chi connectivity index (χ4v) is 2.34. The standard InChI is InChI=1S/C15H16FN3O3S/c16-13-5-1-11(2-6-13)9-18-15(20)19-10-12-3-7-14(8-4-12)23(17,21)22/h1-8H,9-10H2,(H2,17,21,22)(H2,18,19,20). The maximum atomic E-state index is 12.8. The molecule has 0 saturated carbocycles. The van der Waals surface area contributed by atoms with Crippen molar-refractivity contribution in [2.45, 2.75) is 18.0 Å². The van der Waals surface area contributed by atoms with Crippen LogP contribution in [-0.4, -0.2) is 14.4 Å². The summed E-state index contributed by atoms with van der Waals surface area (Å²) in [5.41, 5.74) is 1.51. The Hall–Kier alpha value is -2.45. The smallest absolute Gasteiger partial charge is 0.315 e. The Labute approximate surface area is 133 Å². The number of nitrogens with two attached hydrogens (primary N) is 1. The molecular formula is C15H16FN3O3S. The topological polar surface area (TPSA) is 101 Å². The summed E-state index contributed by atoms with van der Waals surface area (Å²) in [6.45, 7) is 0.511. The van der Waals surface area contributed by atoms with E-state index in [0.29, 0.717) is 0 Å². The van der Waals surface area contributed by atoms with E-state index in [1.165, 1.54) is 24.3 Å². The number of amides is 2. The predicted octanol–water partition coefficient (Wildman–Crippen LogP) is 1.47. The van der Waals surface area contributed by atoms with Crippen LogP contribution in [0, 0.1) is 5.82 Å². The van der Waals surface area contributed by atoms with Gasteiger partial charge in [-0.1, -0.05) is 24.3 Å². The van der Waals surface area contributed by atoms with Crippen molar-refractivity contribution in [3.05, 3.63) is 65.5 Å². The van der Waals surface area contributed by atoms with Crippen molar-refractivity contribution >= 4 is 16.1 Å². The molecule has 0 fully saturated rings. The van der Waals surface area contributed by atoms with Crippen molar-refractivity contribution in [1.29, 1.82) is 0 Å². The minimum Gasteiger partial charge on any atom is -0.334 e. The molecular weight excluding hydrogens is 321 g/mol. The number of benzene rings is 2. The van der Waals surface area contributed by atoms with E-state index in [1.54, 1.807) is 24.3 Å². The van der Waals surface area contributed by atoms with E-state index in [4.69, 9.17) is 5.14 Å². The second-order valence-corrected chi connectivity index (χ2v) is 6.41. The van der Waals surface area contributed by atoms with E-state index in [2.05, 4.69) is 10.6 Å². The van der Waals surface area contributed by atoms with Crippen LogP contribution in [0.1, 0.15) is 11.1 Å². The maximum Gasteiger partial charge on any atom is 0.315 e. The van der Waals surface area contributed by atoms with Crippen molar-refractivity contribution in [3.63, 3.8) is 0 Å². The molecule has 0 aliphatic heterocycles. The highest BCUT2D eigenvalue weighted by Crippen LogP contribution is 2.08. The molecule has 2 rings (SSSR count). The van der Waals surface area contributed by atoms with Gasteiger partial charge >= 0.3 is 6.03 Å². The fraction of sp³-hybridized carbons (Fsp3) is 0.133. The molecule has 23 heavy (non-hydrogen) atoms. The molecule has 0 bridgehead atoms. The van der Waals surface area contributed by atoms with Crippen molar-refractivity contribution < 1.29 is 17.6 Å². The van der Waals surface area contributed by atoms with Gasteiger partial charge in [-0.3, -0.25) is 0 Å². The Morgan fingerprint density at radius 1 is 0.913 bits per heavy atom. The predicted molar refractivity (Wildman–Crippen MR) is 83.3 cm³/mol. The molecule has 4 N–H and O–H groups in total. The molecule has 0 spiro atoms. The molecule has 0 radical (unpaired) electrons. The Morgan fingerprint density at radius 2 is 1.35 bits per heavy atom. The van der Waals surface area contributed by atoms with Gasteiger partial charge in [0.1, 0.15) is 5.82 Å². The number of hydrogen-bond donors (Lipinski definition) is 3. The van der Waals surface area contributed by atoms with Crippen LogP contribution in [-0.2, 0) is 23.1 Å². The van der Waals surface area contributed by atoms with E-state index >= 15 is 0 Å². The number of rotatable bonds is 5. The van der Waals surface area contributed by atoms with Crippen LogP contribution in [0.4, 0.5) is 9.18 Å². The summed E-state index contributed by atoms with van der Waals surface area (Å²) >= 11 is 0. The third kappa shape index (κ3) is 5.35. The van der Waals surface area contributed by atoms with Crippen molar-refractivity contribution in [2.75, 3.05) is 0 Å². The zero-order chi connectivity index (χ0) is 16.9. The van der Waals surface area contributed by atoms with Crippen LogP contribution in [0.25, 0.3) is 0 Å². The van der Waals surface area contributed by atoms with Crippen molar-refractivity contribution in [1.82, 2.24) is 10.6 Å². The van der Waals surface area contributed by atoms with Gasteiger partial charge < -0.3 is 10.6 Å². The van der Waals surface area contributed by atoms with Gasteiger partial charge in [0.2, 0.25) is 10.0 Å². The molecule has 2 aromatic rings. The quantitative estimate of drug-likeness (QED) is 0.770. The first-order valence-corrected chi connectivity index (χ1v) is 8.27. The largest absolute Gasteiger partial charge is 0.334 e. The number of sulfonamides is 1. The fourth-order valence-electron chi connectivity index (χ4n) is 1.83. The lowest BCUT2D eigenvalue weighted by atomic mass is 10.2. The van der Waals surface area contributed by atoms with Gasteiger partial charge in [0.25, 0.3) is 0 Å². The molecule has 2 amide bonds. The molecule has 6 nitrogen and oxygen atoms in total. The molecule has 0 saturated heterocycles. The van der Waals surface area contributed by atoms with Gasteiger partial charge in [-0.15, -0.1) is 0 Å². The van der Waals surface area contributed by atoms with E-state index in [-0.39, 0.29) is 29.8 Å². The lowest BCUT2D eigenvalue weighted by Gasteiger charge is -2.08. The summed E-state index contributed by atoms with van der Waals surface area (Å²) < 4.78 is 35.0. The van der Waals surface area contributed by atoms with Gasteiger partial charge in [0.15, 0.2) is 0 Å². The van der Waals surface area contributed by atoms with Gasteiger partial charge in [-0.05, 0) is 35.4 Å². The minimum atomic E-state index is -3.72. The monoisotopic (exact) mass is 337 g/mol. The Morgan fingerprint density at radius 3 is 1.78 bits per heavy atom. The lowest BCUT2D eigenvalue weighted by Crippen LogP contribution is -2.34. The highest BCUT2D eigenvalue weighted by molar-refractivity contribution is 7.89. The van der Waals surface area contributed by atoms with E-state index in [9.17, 15) is 17.6 Å². The number of halogens is 1. The first-order valence-electron chi connectivity index (χ1n) is 6.72. The van der Waals surface area contributed by atoms with Crippen molar-refractivity contribution in [2.24, 2.45) is 5.14 Å². The number of urea groups is 1. The summed E-state index contributed by atoms with van der Waals surface area (Å²) in [7, 11) is -3.72. The van der Waals surface area contributed by atoms with E-state index in [0.717, 1.165) is 11.1 Å². The van der Waals surface area contributed by atoms with Gasteiger partial charge in [-0.2, -0.15) is 0 Å². The Kier molecular flexibility index (Phi) is 5.30. The average Bonchev–Trinajstić information content (AvgIpc) is 2.52. The highest BCUT2D eigenvalue weighted by Gasteiger charge is 2.07. The van der Waals surface area contributed by atoms with Gasteiger partial charge in [-0.25, -0.2) is 22.7 Å². The summed E-state index contributed by atoms with van der Waals surface area (Å²) in [5, 5.41) is 10.3.